The Labute approximate surface area is 207 Å². The summed E-state index contributed by atoms with van der Waals surface area (Å²) in [5, 5.41) is 9.99. The second kappa shape index (κ2) is 12.0. The molecule has 172 valence electrons. The van der Waals surface area contributed by atoms with Gasteiger partial charge in [0.1, 0.15) is 12.4 Å². The molecule has 1 unspecified atom stereocenters. The van der Waals surface area contributed by atoms with Crippen molar-refractivity contribution >= 4 is 41.3 Å². The van der Waals surface area contributed by atoms with Crippen molar-refractivity contribution < 1.29 is 9.47 Å². The van der Waals surface area contributed by atoms with E-state index >= 15 is 0 Å². The number of aliphatic imine (C=N–C) groups is 1. The summed E-state index contributed by atoms with van der Waals surface area (Å²) in [4.78, 5) is 9.07. The number of hydrogen-bond acceptors (Lipinski definition) is 5. The predicted octanol–water partition coefficient (Wildman–Crippen LogP) is 4.79. The second-order valence-electron chi connectivity index (χ2n) is 8.73. The molecule has 1 aromatic carbocycles. The lowest BCUT2D eigenvalue weighted by molar-refractivity contribution is 0.0676. The fourth-order valence-electron chi connectivity index (χ4n) is 3.21. The summed E-state index contributed by atoms with van der Waals surface area (Å²) >= 11 is 1.71. The zero-order chi connectivity index (χ0) is 21.6. The van der Waals surface area contributed by atoms with E-state index in [9.17, 15) is 0 Å². The summed E-state index contributed by atoms with van der Waals surface area (Å²) in [5.74, 6) is 1.65. The van der Waals surface area contributed by atoms with Crippen LogP contribution < -0.4 is 15.4 Å². The van der Waals surface area contributed by atoms with Crippen molar-refractivity contribution in [2.24, 2.45) is 4.99 Å². The second-order valence-corrected chi connectivity index (χ2v) is 9.59. The molecule has 1 aliphatic heterocycles. The van der Waals surface area contributed by atoms with Crippen LogP contribution in [0.5, 0.6) is 5.75 Å². The van der Waals surface area contributed by atoms with Crippen LogP contribution in [0.4, 0.5) is 0 Å². The molecule has 2 heterocycles. The third kappa shape index (κ3) is 7.91. The Morgan fingerprint density at radius 1 is 1.29 bits per heavy atom. The van der Waals surface area contributed by atoms with Gasteiger partial charge >= 0.3 is 0 Å². The number of benzene rings is 1. The van der Waals surface area contributed by atoms with Gasteiger partial charge in [-0.2, -0.15) is 0 Å². The van der Waals surface area contributed by atoms with E-state index in [-0.39, 0.29) is 35.5 Å². The Morgan fingerprint density at radius 3 is 2.71 bits per heavy atom. The molecule has 1 fully saturated rings. The molecule has 0 spiro atoms. The topological polar surface area (TPSA) is 67.8 Å². The lowest BCUT2D eigenvalue weighted by Gasteiger charge is -2.17. The van der Waals surface area contributed by atoms with Crippen LogP contribution in [0.15, 0.2) is 28.6 Å². The molecule has 1 saturated heterocycles. The van der Waals surface area contributed by atoms with Crippen molar-refractivity contribution in [1.29, 1.82) is 0 Å². The average molecular weight is 559 g/mol. The van der Waals surface area contributed by atoms with Crippen LogP contribution in [0.2, 0.25) is 0 Å². The molecule has 1 aliphatic rings. The lowest BCUT2D eigenvalue weighted by Crippen LogP contribution is -2.36. The number of aromatic nitrogens is 1. The van der Waals surface area contributed by atoms with Gasteiger partial charge in [0.05, 0.1) is 23.4 Å². The van der Waals surface area contributed by atoms with E-state index in [2.05, 4.69) is 66.9 Å². The van der Waals surface area contributed by atoms with Crippen LogP contribution in [-0.4, -0.2) is 37.3 Å². The highest BCUT2D eigenvalue weighted by Gasteiger charge is 2.18. The summed E-state index contributed by atoms with van der Waals surface area (Å²) in [5.41, 5.74) is 3.39. The Hall–Kier alpha value is -1.39. The quantitative estimate of drug-likeness (QED) is 0.291. The molecule has 6 nitrogen and oxygen atoms in total. The first kappa shape index (κ1) is 25.9. The maximum atomic E-state index is 6.10. The molecule has 0 aliphatic carbocycles. The van der Waals surface area contributed by atoms with Crippen molar-refractivity contribution in [3.63, 3.8) is 0 Å². The number of aryl methyl sites for hydroxylation is 1. The van der Waals surface area contributed by atoms with Crippen molar-refractivity contribution in [3.8, 4) is 5.75 Å². The van der Waals surface area contributed by atoms with E-state index < -0.39 is 0 Å². The largest absolute Gasteiger partial charge is 0.491 e. The summed E-state index contributed by atoms with van der Waals surface area (Å²) in [6.45, 7) is 11.3. The van der Waals surface area contributed by atoms with Gasteiger partial charge < -0.3 is 20.1 Å². The van der Waals surface area contributed by atoms with Gasteiger partial charge in [-0.1, -0.05) is 32.9 Å². The van der Waals surface area contributed by atoms with Gasteiger partial charge in [0, 0.05) is 36.6 Å². The van der Waals surface area contributed by atoms with E-state index in [0.29, 0.717) is 19.7 Å². The Balaban J connectivity index is 0.00000341. The molecule has 1 atom stereocenters. The number of rotatable bonds is 7. The van der Waals surface area contributed by atoms with E-state index in [1.165, 1.54) is 5.56 Å². The van der Waals surface area contributed by atoms with E-state index in [1.807, 2.05) is 0 Å². The van der Waals surface area contributed by atoms with Crippen molar-refractivity contribution in [1.82, 2.24) is 15.6 Å². The first-order valence-electron chi connectivity index (χ1n) is 10.6. The molecule has 8 heteroatoms. The predicted molar refractivity (Wildman–Crippen MR) is 139 cm³/mol. The van der Waals surface area contributed by atoms with Crippen LogP contribution in [-0.2, 0) is 23.2 Å². The van der Waals surface area contributed by atoms with Gasteiger partial charge in [0.25, 0.3) is 0 Å². The number of guanidine groups is 1. The minimum absolute atomic E-state index is 0. The first-order valence-corrected chi connectivity index (χ1v) is 11.5. The number of hydrogen-bond donors (Lipinski definition) is 2. The standard InChI is InChI=1S/C23H34N4O2S.HI/c1-16-8-9-17(20(11-16)29-14-19-7-6-10-28-19)12-25-22(24-5)26-13-18-15-30-21(27-18)23(2,3)4;/h8-9,11,15,19H,6-7,10,12-14H2,1-5H3,(H2,24,25,26);1H. The van der Waals surface area contributed by atoms with Crippen LogP contribution >= 0.6 is 35.3 Å². The van der Waals surface area contributed by atoms with Crippen LogP contribution in [0, 0.1) is 6.92 Å². The molecular formula is C23H35IN4O2S. The van der Waals surface area contributed by atoms with Gasteiger partial charge in [-0.3, -0.25) is 4.99 Å². The highest BCUT2D eigenvalue weighted by molar-refractivity contribution is 14.0. The minimum Gasteiger partial charge on any atom is -0.491 e. The van der Waals surface area contributed by atoms with Crippen LogP contribution in [0.1, 0.15) is 55.4 Å². The number of nitrogens with one attached hydrogen (secondary N) is 2. The van der Waals surface area contributed by atoms with E-state index in [0.717, 1.165) is 47.4 Å². The summed E-state index contributed by atoms with van der Waals surface area (Å²) in [6.07, 6.45) is 2.40. The van der Waals surface area contributed by atoms with Gasteiger partial charge in [0.15, 0.2) is 5.96 Å². The van der Waals surface area contributed by atoms with Crippen molar-refractivity contribution in [2.75, 3.05) is 20.3 Å². The molecule has 0 radical (unpaired) electrons. The number of nitrogens with zero attached hydrogens (tertiary/aromatic N) is 2. The highest BCUT2D eigenvalue weighted by atomic mass is 127. The molecule has 0 bridgehead atoms. The first-order chi connectivity index (χ1) is 14.3. The van der Waals surface area contributed by atoms with Crippen molar-refractivity contribution in [3.05, 3.63) is 45.4 Å². The number of thiazole rings is 1. The van der Waals surface area contributed by atoms with E-state index in [4.69, 9.17) is 14.5 Å². The zero-order valence-electron chi connectivity index (χ0n) is 19.2. The molecule has 1 aromatic heterocycles. The van der Waals surface area contributed by atoms with Gasteiger partial charge in [-0.15, -0.1) is 35.3 Å². The van der Waals surface area contributed by atoms with Gasteiger partial charge in [0.2, 0.25) is 0 Å². The third-order valence-electron chi connectivity index (χ3n) is 4.97. The van der Waals surface area contributed by atoms with Gasteiger partial charge in [-0.05, 0) is 31.4 Å². The number of halogens is 1. The SMILES string of the molecule is CN=C(NCc1csc(C(C)(C)C)n1)NCc1ccc(C)cc1OCC1CCCO1.I. The minimum atomic E-state index is 0. The van der Waals surface area contributed by atoms with Crippen LogP contribution in [0.25, 0.3) is 0 Å². The normalized spacial score (nSPS) is 16.7. The molecule has 3 rings (SSSR count). The third-order valence-corrected chi connectivity index (χ3v) is 6.29. The Bertz CT molecular complexity index is 858. The van der Waals surface area contributed by atoms with Crippen molar-refractivity contribution in [2.45, 2.75) is 65.1 Å². The lowest BCUT2D eigenvalue weighted by atomic mass is 9.98. The zero-order valence-corrected chi connectivity index (χ0v) is 22.3. The van der Waals surface area contributed by atoms with Gasteiger partial charge in [-0.25, -0.2) is 4.98 Å². The maximum Gasteiger partial charge on any atom is 0.191 e. The molecule has 2 N–H and O–H groups in total. The summed E-state index contributed by atoms with van der Waals surface area (Å²) in [6, 6.07) is 6.30. The molecule has 31 heavy (non-hydrogen) atoms. The number of ether oxygens (including phenoxy) is 2. The average Bonchev–Trinajstić information content (AvgIpc) is 3.39. The Kier molecular flexibility index (Phi) is 10.0. The fraction of sp³-hybridized carbons (Fsp3) is 0.565. The summed E-state index contributed by atoms with van der Waals surface area (Å²) < 4.78 is 11.8. The summed E-state index contributed by atoms with van der Waals surface area (Å²) in [7, 11) is 1.78. The maximum absolute atomic E-state index is 6.10. The van der Waals surface area contributed by atoms with Crippen LogP contribution in [0.3, 0.4) is 0 Å². The fourth-order valence-corrected chi connectivity index (χ4v) is 4.11. The monoisotopic (exact) mass is 558 g/mol. The Morgan fingerprint density at radius 2 is 2.06 bits per heavy atom. The highest BCUT2D eigenvalue weighted by Crippen LogP contribution is 2.25. The molecule has 2 aromatic rings. The molecule has 0 saturated carbocycles. The molecule has 0 amide bonds. The molecular weight excluding hydrogens is 523 g/mol. The van der Waals surface area contributed by atoms with E-state index in [1.54, 1.807) is 18.4 Å². The smallest absolute Gasteiger partial charge is 0.191 e.